The van der Waals surface area contributed by atoms with Gasteiger partial charge in [-0.15, -0.1) is 0 Å². The first-order valence-electron chi connectivity index (χ1n) is 4.91. The molecule has 0 spiro atoms. The molecule has 1 heterocycles. The van der Waals surface area contributed by atoms with Crippen LogP contribution in [0.4, 0.5) is 0 Å². The highest BCUT2D eigenvalue weighted by atomic mass is 79.9. The van der Waals surface area contributed by atoms with E-state index in [1.165, 1.54) is 0 Å². The number of phenolic OH excluding ortho intramolecular Hbond substituents is 1. The standard InChI is InChI=1S/C11H13BrN2O/c12-11-7-8-9(3-1-4-10(8)15)14(11)6-2-5-13/h1,3-4,7,15H,2,5-6,13H2. The fourth-order valence-electron chi connectivity index (χ4n) is 1.71. The fraction of sp³-hybridized carbons (Fsp3) is 0.273. The second-order valence-electron chi connectivity index (χ2n) is 3.47. The number of hydrogen-bond donors (Lipinski definition) is 2. The molecule has 0 atom stereocenters. The lowest BCUT2D eigenvalue weighted by atomic mass is 10.2. The first-order valence-corrected chi connectivity index (χ1v) is 5.70. The monoisotopic (exact) mass is 268 g/mol. The Hall–Kier alpha value is -1.00. The van der Waals surface area contributed by atoms with Crippen molar-refractivity contribution < 1.29 is 5.11 Å². The van der Waals surface area contributed by atoms with E-state index in [1.807, 2.05) is 18.2 Å². The lowest BCUT2D eigenvalue weighted by Gasteiger charge is -2.05. The summed E-state index contributed by atoms with van der Waals surface area (Å²) < 4.78 is 3.09. The number of nitrogens with zero attached hydrogens (tertiary/aromatic N) is 1. The number of phenols is 1. The molecule has 2 rings (SSSR count). The van der Waals surface area contributed by atoms with Crippen molar-refractivity contribution in [3.63, 3.8) is 0 Å². The average molecular weight is 269 g/mol. The topological polar surface area (TPSA) is 51.2 Å². The Morgan fingerprint density at radius 3 is 2.93 bits per heavy atom. The molecule has 0 unspecified atom stereocenters. The van der Waals surface area contributed by atoms with E-state index in [4.69, 9.17) is 5.73 Å². The van der Waals surface area contributed by atoms with Crippen LogP contribution in [0.25, 0.3) is 10.9 Å². The molecule has 1 aromatic heterocycles. The molecule has 0 aliphatic carbocycles. The van der Waals surface area contributed by atoms with Crippen molar-refractivity contribution in [1.82, 2.24) is 4.57 Å². The molecule has 1 aromatic carbocycles. The highest BCUT2D eigenvalue weighted by molar-refractivity contribution is 9.10. The third-order valence-corrected chi connectivity index (χ3v) is 3.12. The number of halogens is 1. The van der Waals surface area contributed by atoms with E-state index in [0.29, 0.717) is 12.3 Å². The number of aryl methyl sites for hydroxylation is 1. The molecule has 15 heavy (non-hydrogen) atoms. The summed E-state index contributed by atoms with van der Waals surface area (Å²) in [6.45, 7) is 1.54. The molecule has 0 bridgehead atoms. The molecule has 4 heteroatoms. The minimum atomic E-state index is 0.319. The molecule has 80 valence electrons. The van der Waals surface area contributed by atoms with Crippen molar-refractivity contribution in [1.29, 1.82) is 0 Å². The van der Waals surface area contributed by atoms with Crippen LogP contribution in [0.3, 0.4) is 0 Å². The summed E-state index contributed by atoms with van der Waals surface area (Å²) in [6, 6.07) is 7.47. The van der Waals surface area contributed by atoms with E-state index < -0.39 is 0 Å². The number of rotatable bonds is 3. The molecule has 0 saturated heterocycles. The van der Waals surface area contributed by atoms with Crippen molar-refractivity contribution >= 4 is 26.8 Å². The molecule has 0 fully saturated rings. The van der Waals surface area contributed by atoms with Gasteiger partial charge in [-0.3, -0.25) is 0 Å². The minimum Gasteiger partial charge on any atom is -0.507 e. The van der Waals surface area contributed by atoms with Crippen LogP contribution in [0.2, 0.25) is 0 Å². The van der Waals surface area contributed by atoms with Gasteiger partial charge >= 0.3 is 0 Å². The molecule has 0 amide bonds. The number of aromatic nitrogens is 1. The van der Waals surface area contributed by atoms with Gasteiger partial charge in [0.2, 0.25) is 0 Å². The molecule has 0 radical (unpaired) electrons. The van der Waals surface area contributed by atoms with Gasteiger partial charge in [0.1, 0.15) is 5.75 Å². The Morgan fingerprint density at radius 1 is 1.40 bits per heavy atom. The SMILES string of the molecule is NCCCn1c(Br)cc2c(O)cccc21. The van der Waals surface area contributed by atoms with Crippen molar-refractivity contribution in [2.75, 3.05) is 6.54 Å². The van der Waals surface area contributed by atoms with Crippen LogP contribution in [-0.4, -0.2) is 16.2 Å². The Balaban J connectivity index is 2.53. The van der Waals surface area contributed by atoms with Gasteiger partial charge in [-0.1, -0.05) is 6.07 Å². The van der Waals surface area contributed by atoms with Gasteiger partial charge in [-0.2, -0.15) is 0 Å². The van der Waals surface area contributed by atoms with E-state index >= 15 is 0 Å². The summed E-state index contributed by atoms with van der Waals surface area (Å²) >= 11 is 3.48. The molecule has 0 saturated carbocycles. The third-order valence-electron chi connectivity index (χ3n) is 2.46. The number of hydrogen-bond acceptors (Lipinski definition) is 2. The second-order valence-corrected chi connectivity index (χ2v) is 4.28. The molecule has 3 N–H and O–H groups in total. The van der Waals surface area contributed by atoms with Gasteiger partial charge < -0.3 is 15.4 Å². The van der Waals surface area contributed by atoms with Crippen molar-refractivity contribution in [2.45, 2.75) is 13.0 Å². The maximum absolute atomic E-state index is 9.68. The van der Waals surface area contributed by atoms with Gasteiger partial charge in [0.25, 0.3) is 0 Å². The van der Waals surface area contributed by atoms with Gasteiger partial charge in [-0.05, 0) is 47.1 Å². The lowest BCUT2D eigenvalue weighted by molar-refractivity contribution is 0.481. The molecular weight excluding hydrogens is 256 g/mol. The second kappa shape index (κ2) is 4.24. The van der Waals surface area contributed by atoms with Crippen LogP contribution in [0.1, 0.15) is 6.42 Å². The summed E-state index contributed by atoms with van der Waals surface area (Å²) in [6.07, 6.45) is 0.929. The van der Waals surface area contributed by atoms with Gasteiger partial charge in [0.05, 0.1) is 10.1 Å². The van der Waals surface area contributed by atoms with Gasteiger partial charge in [-0.25, -0.2) is 0 Å². The predicted molar refractivity (Wildman–Crippen MR) is 65.0 cm³/mol. The quantitative estimate of drug-likeness (QED) is 0.899. The molecule has 3 nitrogen and oxygen atoms in total. The fourth-order valence-corrected chi connectivity index (χ4v) is 2.31. The van der Waals surface area contributed by atoms with Crippen molar-refractivity contribution in [2.24, 2.45) is 5.73 Å². The summed E-state index contributed by atoms with van der Waals surface area (Å²) in [4.78, 5) is 0. The smallest absolute Gasteiger partial charge is 0.124 e. The van der Waals surface area contributed by atoms with Crippen LogP contribution in [0, 0.1) is 0 Å². The average Bonchev–Trinajstić information content (AvgIpc) is 2.54. The van der Waals surface area contributed by atoms with Crippen LogP contribution < -0.4 is 5.73 Å². The molecule has 0 aliphatic heterocycles. The first-order chi connectivity index (χ1) is 7.24. The van der Waals surface area contributed by atoms with E-state index in [1.54, 1.807) is 6.07 Å². The third kappa shape index (κ3) is 1.87. The Bertz CT molecular complexity index is 479. The molecular formula is C11H13BrN2O. The summed E-state index contributed by atoms with van der Waals surface area (Å²) in [5.41, 5.74) is 6.53. The zero-order valence-electron chi connectivity index (χ0n) is 8.28. The van der Waals surface area contributed by atoms with E-state index in [-0.39, 0.29) is 0 Å². The molecule has 2 aromatic rings. The summed E-state index contributed by atoms with van der Waals surface area (Å²) in [7, 11) is 0. The van der Waals surface area contributed by atoms with Crippen molar-refractivity contribution in [3.8, 4) is 5.75 Å². The summed E-state index contributed by atoms with van der Waals surface area (Å²) in [5.74, 6) is 0.319. The van der Waals surface area contributed by atoms with Crippen LogP contribution in [0.5, 0.6) is 5.75 Å². The highest BCUT2D eigenvalue weighted by Gasteiger charge is 2.08. The van der Waals surface area contributed by atoms with Crippen LogP contribution in [0.15, 0.2) is 28.9 Å². The van der Waals surface area contributed by atoms with Gasteiger partial charge in [0.15, 0.2) is 0 Å². The van der Waals surface area contributed by atoms with E-state index in [9.17, 15) is 5.11 Å². The Morgan fingerprint density at radius 2 is 2.20 bits per heavy atom. The number of nitrogens with two attached hydrogens (primary N) is 1. The minimum absolute atomic E-state index is 0.319. The van der Waals surface area contributed by atoms with Crippen LogP contribution in [-0.2, 0) is 6.54 Å². The Labute approximate surface area is 96.6 Å². The lowest BCUT2D eigenvalue weighted by Crippen LogP contribution is -2.05. The van der Waals surface area contributed by atoms with E-state index in [0.717, 1.165) is 28.5 Å². The number of fused-ring (bicyclic) bond motifs is 1. The largest absolute Gasteiger partial charge is 0.507 e. The van der Waals surface area contributed by atoms with Crippen molar-refractivity contribution in [3.05, 3.63) is 28.9 Å². The predicted octanol–water partition coefficient (Wildman–Crippen LogP) is 2.46. The van der Waals surface area contributed by atoms with Crippen LogP contribution >= 0.6 is 15.9 Å². The maximum Gasteiger partial charge on any atom is 0.124 e. The Kier molecular flexibility index (Phi) is 2.98. The first kappa shape index (κ1) is 10.5. The number of benzene rings is 1. The van der Waals surface area contributed by atoms with E-state index in [2.05, 4.69) is 20.5 Å². The highest BCUT2D eigenvalue weighted by Crippen LogP contribution is 2.30. The zero-order valence-corrected chi connectivity index (χ0v) is 9.87. The number of aromatic hydroxyl groups is 1. The zero-order chi connectivity index (χ0) is 10.8. The maximum atomic E-state index is 9.68. The van der Waals surface area contributed by atoms with Gasteiger partial charge in [0, 0.05) is 11.9 Å². The molecule has 0 aliphatic rings. The normalized spacial score (nSPS) is 11.1. The summed E-state index contributed by atoms with van der Waals surface area (Å²) in [5, 5.41) is 10.6.